The van der Waals surface area contributed by atoms with Crippen molar-refractivity contribution in [1.82, 2.24) is 31.9 Å². The number of nitrogens with two attached hydrogens (primary N) is 2. The summed E-state index contributed by atoms with van der Waals surface area (Å²) in [6, 6.07) is 1.57. The van der Waals surface area contributed by atoms with Crippen molar-refractivity contribution in [3.8, 4) is 5.75 Å². The van der Waals surface area contributed by atoms with Gasteiger partial charge >= 0.3 is 0 Å². The number of carbonyl (C=O) groups excluding carboxylic acids is 7. The van der Waals surface area contributed by atoms with Crippen molar-refractivity contribution < 1.29 is 38.7 Å². The summed E-state index contributed by atoms with van der Waals surface area (Å²) < 4.78 is 0. The lowest BCUT2D eigenvalue weighted by Crippen LogP contribution is -2.58. The van der Waals surface area contributed by atoms with Crippen LogP contribution in [-0.4, -0.2) is 103 Å². The Morgan fingerprint density at radius 1 is 0.635 bits per heavy atom. The number of rotatable bonds is 37. The number of benzene rings is 1. The molecule has 0 heterocycles. The fourth-order valence-corrected chi connectivity index (χ4v) is 7.25. The first kappa shape index (κ1) is 56.4. The molecule has 0 spiro atoms. The van der Waals surface area contributed by atoms with Gasteiger partial charge in [0.05, 0.1) is 6.54 Å². The van der Waals surface area contributed by atoms with Crippen LogP contribution in [0.1, 0.15) is 141 Å². The van der Waals surface area contributed by atoms with Gasteiger partial charge in [0, 0.05) is 26.3 Å². The Balaban J connectivity index is 2.84. The molecule has 0 radical (unpaired) electrons. The SMILES string of the molecule is CCCCCCCC/C=C/CCCCCCCC(=O)N[C@@H](CCSC)C(=O)NCC(=O)N[C@@H](Cc1ccc(O)cc1)C(=O)N[C@@H](CCC(N)=O)C(=O)N[C@@H](CCCCN)C(=O)NC. The van der Waals surface area contributed by atoms with Crippen LogP contribution in [0.3, 0.4) is 0 Å². The summed E-state index contributed by atoms with van der Waals surface area (Å²) in [4.78, 5) is 91.1. The molecule has 1 aromatic rings. The second-order valence-corrected chi connectivity index (χ2v) is 17.0. The van der Waals surface area contributed by atoms with Crippen molar-refractivity contribution in [2.75, 3.05) is 32.1 Å². The molecule has 0 aromatic heterocycles. The summed E-state index contributed by atoms with van der Waals surface area (Å²) in [5.41, 5.74) is 11.5. The van der Waals surface area contributed by atoms with Crippen molar-refractivity contribution >= 4 is 53.1 Å². The number of likely N-dealkylation sites (N-methyl/N-ethyl adjacent to an activating group) is 1. The zero-order valence-corrected chi connectivity index (χ0v) is 38.9. The first-order valence-electron chi connectivity index (χ1n) is 22.9. The third-order valence-corrected chi connectivity index (χ3v) is 11.2. The average molecular weight is 903 g/mol. The fraction of sp³-hybridized carbons (Fsp3) is 0.674. The molecule has 1 aromatic carbocycles. The Morgan fingerprint density at radius 3 is 1.78 bits per heavy atom. The molecule has 1 rings (SSSR count). The van der Waals surface area contributed by atoms with Gasteiger partial charge in [-0.2, -0.15) is 11.8 Å². The number of nitrogens with one attached hydrogen (secondary N) is 6. The summed E-state index contributed by atoms with van der Waals surface area (Å²) in [5.74, 6) is -3.61. The zero-order valence-electron chi connectivity index (χ0n) is 38.1. The normalized spacial score (nSPS) is 13.0. The molecule has 0 bridgehead atoms. The van der Waals surface area contributed by atoms with Gasteiger partial charge in [-0.3, -0.25) is 33.6 Å². The van der Waals surface area contributed by atoms with Crippen LogP contribution in [0.15, 0.2) is 36.4 Å². The maximum atomic E-state index is 13.8. The summed E-state index contributed by atoms with van der Waals surface area (Å²) in [6.45, 7) is 2.12. The Hall–Kier alpha value is -4.64. The maximum absolute atomic E-state index is 13.8. The highest BCUT2D eigenvalue weighted by Gasteiger charge is 2.30. The Labute approximate surface area is 379 Å². The molecule has 17 heteroatoms. The van der Waals surface area contributed by atoms with E-state index in [-0.39, 0.29) is 43.8 Å². The van der Waals surface area contributed by atoms with Crippen molar-refractivity contribution in [3.05, 3.63) is 42.0 Å². The lowest BCUT2D eigenvalue weighted by atomic mass is 10.0. The quantitative estimate of drug-likeness (QED) is 0.0343. The largest absolute Gasteiger partial charge is 0.508 e. The monoisotopic (exact) mass is 903 g/mol. The molecular weight excluding hydrogens is 825 g/mol. The number of hydrogen-bond donors (Lipinski definition) is 9. The van der Waals surface area contributed by atoms with Gasteiger partial charge in [0.25, 0.3) is 0 Å². The first-order valence-corrected chi connectivity index (χ1v) is 24.3. The van der Waals surface area contributed by atoms with E-state index in [4.69, 9.17) is 11.5 Å². The zero-order chi connectivity index (χ0) is 46.7. The summed E-state index contributed by atoms with van der Waals surface area (Å²) >= 11 is 1.52. The molecule has 356 valence electrons. The van der Waals surface area contributed by atoms with Crippen LogP contribution in [0.25, 0.3) is 0 Å². The second-order valence-electron chi connectivity index (χ2n) is 16.0. The molecule has 16 nitrogen and oxygen atoms in total. The van der Waals surface area contributed by atoms with Crippen LogP contribution >= 0.6 is 11.8 Å². The van der Waals surface area contributed by atoms with E-state index in [2.05, 4.69) is 51.0 Å². The molecule has 4 atom stereocenters. The van der Waals surface area contributed by atoms with E-state index in [1.165, 1.54) is 69.5 Å². The number of allylic oxidation sites excluding steroid dienone is 2. The van der Waals surface area contributed by atoms with Crippen molar-refractivity contribution in [3.63, 3.8) is 0 Å². The van der Waals surface area contributed by atoms with E-state index in [1.807, 2.05) is 6.26 Å². The smallest absolute Gasteiger partial charge is 0.243 e. The topological polar surface area (TPSA) is 264 Å². The van der Waals surface area contributed by atoms with E-state index in [1.54, 1.807) is 12.1 Å². The van der Waals surface area contributed by atoms with Gasteiger partial charge in [0.1, 0.15) is 29.9 Å². The molecule has 0 aliphatic heterocycles. The van der Waals surface area contributed by atoms with Crippen LogP contribution in [0, 0.1) is 0 Å². The summed E-state index contributed by atoms with van der Waals surface area (Å²) in [5, 5.41) is 25.6. The molecular formula is C46H78N8O8S. The number of phenolic OH excluding ortho intramolecular Hbond substituents is 1. The highest BCUT2D eigenvalue weighted by Crippen LogP contribution is 2.14. The maximum Gasteiger partial charge on any atom is 0.243 e. The van der Waals surface area contributed by atoms with Crippen molar-refractivity contribution in [1.29, 1.82) is 0 Å². The molecule has 7 amide bonds. The van der Waals surface area contributed by atoms with Crippen LogP contribution in [0.5, 0.6) is 5.75 Å². The van der Waals surface area contributed by atoms with Crippen LogP contribution < -0.4 is 43.4 Å². The molecule has 0 fully saturated rings. The van der Waals surface area contributed by atoms with Crippen molar-refractivity contribution in [2.24, 2.45) is 11.5 Å². The number of phenols is 1. The van der Waals surface area contributed by atoms with Crippen molar-refractivity contribution in [2.45, 2.75) is 166 Å². The lowest BCUT2D eigenvalue weighted by molar-refractivity contribution is -0.134. The number of primary amides is 1. The Morgan fingerprint density at radius 2 is 1.19 bits per heavy atom. The van der Waals surface area contributed by atoms with Gasteiger partial charge < -0.3 is 48.5 Å². The predicted molar refractivity (Wildman–Crippen MR) is 250 cm³/mol. The standard InChI is InChI=1S/C46H78N8O8S/c1-4-5-6-7-8-9-10-11-12-13-14-15-16-17-18-22-41(57)51-38(29-31-63-3)44(60)50-33-42(58)52-39(32-34-23-25-35(55)26-24-34)46(62)54-37(27-28-40(48)56)45(61)53-36(43(59)49-2)21-19-20-30-47/h11-12,23-26,36-39,55H,4-10,13-22,27-33,47H2,1-3H3,(H2,48,56)(H,49,59)(H,50,60)(H,51,57)(H,52,58)(H,53,61)(H,54,62)/b12-11+/t36-,37-,38-,39-/m0/s1. The third kappa shape index (κ3) is 27.9. The number of hydrogen-bond acceptors (Lipinski definition) is 10. The molecule has 0 aliphatic carbocycles. The van der Waals surface area contributed by atoms with E-state index in [9.17, 15) is 38.7 Å². The van der Waals surface area contributed by atoms with E-state index in [0.29, 0.717) is 43.5 Å². The highest BCUT2D eigenvalue weighted by molar-refractivity contribution is 7.98. The summed E-state index contributed by atoms with van der Waals surface area (Å²) in [6.07, 6.45) is 23.0. The lowest BCUT2D eigenvalue weighted by Gasteiger charge is -2.25. The van der Waals surface area contributed by atoms with Gasteiger partial charge in [-0.1, -0.05) is 82.6 Å². The minimum atomic E-state index is -1.31. The molecule has 0 aliphatic rings. The average Bonchev–Trinajstić information content (AvgIpc) is 3.26. The summed E-state index contributed by atoms with van der Waals surface area (Å²) in [7, 11) is 1.43. The van der Waals surface area contributed by atoms with Gasteiger partial charge in [-0.15, -0.1) is 0 Å². The Bertz CT molecular complexity index is 1530. The number of amides is 7. The number of unbranched alkanes of at least 4 members (excludes halogenated alkanes) is 12. The fourth-order valence-electron chi connectivity index (χ4n) is 6.78. The van der Waals surface area contributed by atoms with E-state index >= 15 is 0 Å². The predicted octanol–water partition coefficient (Wildman–Crippen LogP) is 3.92. The molecule has 0 unspecified atom stereocenters. The number of carbonyl (C=O) groups is 7. The van der Waals surface area contributed by atoms with Gasteiger partial charge in [-0.25, -0.2) is 0 Å². The number of thioether (sulfide) groups is 1. The minimum Gasteiger partial charge on any atom is -0.508 e. The van der Waals surface area contributed by atoms with Crippen LogP contribution in [0.2, 0.25) is 0 Å². The van der Waals surface area contributed by atoms with E-state index < -0.39 is 66.2 Å². The molecule has 63 heavy (non-hydrogen) atoms. The van der Waals surface area contributed by atoms with Crippen LogP contribution in [0.4, 0.5) is 0 Å². The molecule has 0 saturated heterocycles. The number of aromatic hydroxyl groups is 1. The first-order chi connectivity index (χ1) is 30.3. The molecule has 0 saturated carbocycles. The van der Waals surface area contributed by atoms with Gasteiger partial charge in [0.2, 0.25) is 41.4 Å². The minimum absolute atomic E-state index is 0.0115. The van der Waals surface area contributed by atoms with Gasteiger partial charge in [-0.05, 0) is 100 Å². The van der Waals surface area contributed by atoms with Gasteiger partial charge in [0.15, 0.2) is 0 Å². The molecule has 11 N–H and O–H groups in total. The Kier molecular flexibility index (Phi) is 32.0. The van der Waals surface area contributed by atoms with E-state index in [0.717, 1.165) is 38.5 Å². The highest BCUT2D eigenvalue weighted by atomic mass is 32.2. The second kappa shape index (κ2) is 35.8. The third-order valence-electron chi connectivity index (χ3n) is 10.5. The van der Waals surface area contributed by atoms with Crippen LogP contribution in [-0.2, 0) is 40.0 Å².